The van der Waals surface area contributed by atoms with E-state index in [1.807, 2.05) is 54.6 Å². The molecule has 3 aromatic carbocycles. The number of carbonyl (C=O) groups excluding carboxylic acids is 1. The molecule has 0 fully saturated rings. The molecule has 0 bridgehead atoms. The van der Waals surface area contributed by atoms with Gasteiger partial charge in [0.1, 0.15) is 6.61 Å². The Bertz CT molecular complexity index is 1430. The number of ether oxygens (including phenoxy) is 2. The van der Waals surface area contributed by atoms with Gasteiger partial charge >= 0.3 is 5.91 Å². The predicted octanol–water partition coefficient (Wildman–Crippen LogP) is 5.25. The first-order valence-electron chi connectivity index (χ1n) is 10.6. The van der Waals surface area contributed by atoms with Crippen LogP contribution in [0.3, 0.4) is 0 Å². The Hall–Kier alpha value is -4.38. The normalized spacial score (nSPS) is 15.2. The van der Waals surface area contributed by atoms with E-state index in [9.17, 15) is 9.90 Å². The van der Waals surface area contributed by atoms with Crippen LogP contribution in [0.4, 0.5) is 5.69 Å². The summed E-state index contributed by atoms with van der Waals surface area (Å²) in [6.07, 6.45) is 0.0185. The topological polar surface area (TPSA) is 109 Å². The lowest BCUT2D eigenvalue weighted by atomic mass is 10.1. The van der Waals surface area contributed by atoms with E-state index < -0.39 is 12.0 Å². The highest BCUT2D eigenvalue weighted by Crippen LogP contribution is 2.39. The Labute approximate surface area is 189 Å². The lowest BCUT2D eigenvalue weighted by Crippen LogP contribution is -2.35. The van der Waals surface area contributed by atoms with Gasteiger partial charge in [0.15, 0.2) is 17.2 Å². The molecule has 1 N–H and O–H groups in total. The molecule has 0 saturated heterocycles. The van der Waals surface area contributed by atoms with Crippen molar-refractivity contribution in [3.63, 3.8) is 0 Å². The molecule has 0 unspecified atom stereocenters. The van der Waals surface area contributed by atoms with Crippen molar-refractivity contribution in [1.29, 1.82) is 5.26 Å². The van der Waals surface area contributed by atoms with E-state index in [2.05, 4.69) is 16.3 Å². The van der Waals surface area contributed by atoms with Crippen molar-refractivity contribution in [2.45, 2.75) is 25.5 Å². The number of para-hydroxylation sites is 1. The highest BCUT2D eigenvalue weighted by atomic mass is 16.6. The molecular weight excluding hydrogens is 420 g/mol. The van der Waals surface area contributed by atoms with Crippen LogP contribution in [0.15, 0.2) is 70.9 Å². The summed E-state index contributed by atoms with van der Waals surface area (Å²) < 4.78 is 13.3. The van der Waals surface area contributed by atoms with Crippen molar-refractivity contribution in [3.05, 3.63) is 60.7 Å². The second-order valence-corrected chi connectivity index (χ2v) is 7.70. The fourth-order valence-electron chi connectivity index (χ4n) is 3.95. The van der Waals surface area contributed by atoms with Crippen LogP contribution in [-0.4, -0.2) is 28.3 Å². The quantitative estimate of drug-likeness (QED) is 0.336. The largest absolute Gasteiger partial charge is 0.493 e. The molecule has 1 aromatic heterocycles. The number of aryl methyl sites for hydroxylation is 1. The Morgan fingerprint density at radius 1 is 1.12 bits per heavy atom. The Balaban J connectivity index is 1.39. The molecule has 1 aliphatic rings. The predicted molar refractivity (Wildman–Crippen MR) is 122 cm³/mol. The molecule has 8 nitrogen and oxygen atoms in total. The SMILES string of the molecule is N#CCCCn1c(O)c(N=NC(=O)[C@H]2COc3cc4ccccc4cc3O2)c2ccccc21. The van der Waals surface area contributed by atoms with E-state index in [1.54, 1.807) is 10.6 Å². The van der Waals surface area contributed by atoms with E-state index in [0.717, 1.165) is 16.3 Å². The molecule has 164 valence electrons. The van der Waals surface area contributed by atoms with Gasteiger partial charge in [0, 0.05) is 18.4 Å². The van der Waals surface area contributed by atoms with Crippen LogP contribution >= 0.6 is 0 Å². The number of nitrogens with zero attached hydrogens (tertiary/aromatic N) is 4. The molecule has 4 aromatic rings. The van der Waals surface area contributed by atoms with Gasteiger partial charge in [0.2, 0.25) is 12.0 Å². The summed E-state index contributed by atoms with van der Waals surface area (Å²) in [6.45, 7) is 0.471. The maximum absolute atomic E-state index is 12.7. The Morgan fingerprint density at radius 2 is 1.85 bits per heavy atom. The number of aromatic nitrogens is 1. The first-order valence-corrected chi connectivity index (χ1v) is 10.6. The highest BCUT2D eigenvalue weighted by Gasteiger charge is 2.28. The number of carbonyl (C=O) groups is 1. The summed E-state index contributed by atoms with van der Waals surface area (Å²) in [5.74, 6) is 0.357. The van der Waals surface area contributed by atoms with Gasteiger partial charge < -0.3 is 19.1 Å². The smallest absolute Gasteiger partial charge is 0.308 e. The maximum Gasteiger partial charge on any atom is 0.308 e. The molecule has 1 aliphatic heterocycles. The second-order valence-electron chi connectivity index (χ2n) is 7.70. The third kappa shape index (κ3) is 3.85. The van der Waals surface area contributed by atoms with Crippen molar-refractivity contribution < 1.29 is 19.4 Å². The van der Waals surface area contributed by atoms with Gasteiger partial charge in [-0.3, -0.25) is 4.79 Å². The van der Waals surface area contributed by atoms with Gasteiger partial charge in [-0.1, -0.05) is 42.5 Å². The lowest BCUT2D eigenvalue weighted by Gasteiger charge is -2.24. The standard InChI is InChI=1S/C25H20N4O4/c26-11-5-6-12-29-19-10-4-3-9-18(19)23(25(29)31)27-28-24(30)22-15-32-20-13-16-7-1-2-8-17(16)14-21(20)33-22/h1-4,7-10,13-14,22,31H,5-6,12,15H2/t22-/m1/s1. The zero-order valence-corrected chi connectivity index (χ0v) is 17.6. The minimum atomic E-state index is -0.937. The van der Waals surface area contributed by atoms with Gasteiger partial charge in [0.05, 0.1) is 11.6 Å². The molecule has 5 rings (SSSR count). The summed E-state index contributed by atoms with van der Waals surface area (Å²) in [5, 5.41) is 30.1. The third-order valence-electron chi connectivity index (χ3n) is 5.58. The summed E-state index contributed by atoms with van der Waals surface area (Å²) >= 11 is 0. The first kappa shape index (κ1) is 20.5. The van der Waals surface area contributed by atoms with Crippen molar-refractivity contribution in [2.75, 3.05) is 6.61 Å². The van der Waals surface area contributed by atoms with Crippen LogP contribution in [0.1, 0.15) is 12.8 Å². The summed E-state index contributed by atoms with van der Waals surface area (Å²) in [5.41, 5.74) is 0.964. The highest BCUT2D eigenvalue weighted by molar-refractivity contribution is 5.95. The first-order chi connectivity index (χ1) is 16.2. The molecule has 1 atom stereocenters. The number of hydrogen-bond donors (Lipinski definition) is 1. The number of azo groups is 1. The zero-order chi connectivity index (χ0) is 22.8. The summed E-state index contributed by atoms with van der Waals surface area (Å²) in [4.78, 5) is 12.7. The number of amides is 1. The molecule has 0 radical (unpaired) electrons. The van der Waals surface area contributed by atoms with Crippen LogP contribution in [0.25, 0.3) is 21.7 Å². The van der Waals surface area contributed by atoms with Crippen molar-refractivity contribution in [1.82, 2.24) is 4.57 Å². The summed E-state index contributed by atoms with van der Waals surface area (Å²) in [6, 6.07) is 20.9. The fourth-order valence-corrected chi connectivity index (χ4v) is 3.95. The van der Waals surface area contributed by atoms with Crippen LogP contribution < -0.4 is 9.47 Å². The minimum Gasteiger partial charge on any atom is -0.493 e. The zero-order valence-electron chi connectivity index (χ0n) is 17.6. The van der Waals surface area contributed by atoms with Crippen molar-refractivity contribution >= 4 is 33.3 Å². The maximum atomic E-state index is 12.7. The van der Waals surface area contributed by atoms with E-state index >= 15 is 0 Å². The monoisotopic (exact) mass is 440 g/mol. The van der Waals surface area contributed by atoms with E-state index in [0.29, 0.717) is 36.3 Å². The average Bonchev–Trinajstić information content (AvgIpc) is 3.11. The molecule has 33 heavy (non-hydrogen) atoms. The van der Waals surface area contributed by atoms with Crippen LogP contribution in [-0.2, 0) is 11.3 Å². The van der Waals surface area contributed by atoms with Gasteiger partial charge in [-0.2, -0.15) is 5.26 Å². The second kappa shape index (κ2) is 8.63. The number of unbranched alkanes of at least 4 members (excludes halogenated alkanes) is 1. The van der Waals surface area contributed by atoms with Crippen LogP contribution in [0.5, 0.6) is 17.4 Å². The molecule has 0 saturated carbocycles. The number of nitriles is 1. The molecule has 8 heteroatoms. The third-order valence-corrected chi connectivity index (χ3v) is 5.58. The van der Waals surface area contributed by atoms with Gasteiger partial charge in [-0.15, -0.1) is 10.2 Å². The van der Waals surface area contributed by atoms with Gasteiger partial charge in [-0.25, -0.2) is 0 Å². The number of hydrogen-bond acceptors (Lipinski definition) is 6. The number of aromatic hydroxyl groups is 1. The van der Waals surface area contributed by atoms with Gasteiger partial charge in [-0.05, 0) is 35.4 Å². The summed E-state index contributed by atoms with van der Waals surface area (Å²) in [7, 11) is 0. The van der Waals surface area contributed by atoms with Crippen molar-refractivity contribution in [2.24, 2.45) is 10.2 Å². The Kier molecular flexibility index (Phi) is 5.37. The van der Waals surface area contributed by atoms with Crippen LogP contribution in [0, 0.1) is 11.3 Å². The van der Waals surface area contributed by atoms with E-state index in [4.69, 9.17) is 14.7 Å². The molecule has 0 aliphatic carbocycles. The van der Waals surface area contributed by atoms with Crippen LogP contribution in [0.2, 0.25) is 0 Å². The average molecular weight is 440 g/mol. The number of fused-ring (bicyclic) bond motifs is 3. The molecule has 0 spiro atoms. The minimum absolute atomic E-state index is 0.0189. The number of rotatable bonds is 5. The van der Waals surface area contributed by atoms with E-state index in [-0.39, 0.29) is 18.2 Å². The number of benzene rings is 3. The molecule has 1 amide bonds. The molecule has 2 heterocycles. The van der Waals surface area contributed by atoms with Crippen molar-refractivity contribution in [3.8, 4) is 23.4 Å². The van der Waals surface area contributed by atoms with Gasteiger partial charge in [0.25, 0.3) is 0 Å². The Morgan fingerprint density at radius 3 is 2.64 bits per heavy atom. The van der Waals surface area contributed by atoms with E-state index in [1.165, 1.54) is 0 Å². The molecular formula is C25H20N4O4. The lowest BCUT2D eigenvalue weighted by molar-refractivity contribution is -0.127. The fraction of sp³-hybridized carbons (Fsp3) is 0.200.